The molecule has 0 aliphatic rings. The number of rotatable bonds is 12. The SMILES string of the molecule is COC(=O)CCCC=CC#CCCCCCCCCC=CBr. The van der Waals surface area contributed by atoms with E-state index in [2.05, 4.69) is 38.6 Å². The molecule has 0 unspecified atom stereocenters. The molecule has 0 saturated carbocycles. The highest BCUT2D eigenvalue weighted by Gasteiger charge is 1.96. The van der Waals surface area contributed by atoms with Crippen LogP contribution in [0.25, 0.3) is 0 Å². The maximum Gasteiger partial charge on any atom is 0.305 e. The summed E-state index contributed by atoms with van der Waals surface area (Å²) in [7, 11) is 1.42. The van der Waals surface area contributed by atoms with E-state index in [9.17, 15) is 4.79 Å². The van der Waals surface area contributed by atoms with Crippen LogP contribution < -0.4 is 0 Å². The topological polar surface area (TPSA) is 26.3 Å². The Morgan fingerprint density at radius 1 is 1.00 bits per heavy atom. The molecule has 0 atom stereocenters. The highest BCUT2D eigenvalue weighted by molar-refractivity contribution is 9.11. The second-order valence-corrected chi connectivity index (χ2v) is 5.74. The molecule has 0 bridgehead atoms. The van der Waals surface area contributed by atoms with E-state index in [1.165, 1.54) is 52.1 Å². The van der Waals surface area contributed by atoms with Crippen molar-refractivity contribution < 1.29 is 9.53 Å². The highest BCUT2D eigenvalue weighted by Crippen LogP contribution is 2.08. The minimum atomic E-state index is -0.140. The maximum atomic E-state index is 10.9. The number of ether oxygens (including phenoxy) is 1. The van der Waals surface area contributed by atoms with E-state index in [-0.39, 0.29) is 5.97 Å². The molecule has 0 amide bonds. The van der Waals surface area contributed by atoms with Crippen LogP contribution in [0.1, 0.15) is 70.6 Å². The van der Waals surface area contributed by atoms with E-state index in [0.717, 1.165) is 19.3 Å². The second-order valence-electron chi connectivity index (χ2n) is 5.21. The summed E-state index contributed by atoms with van der Waals surface area (Å²) < 4.78 is 4.58. The summed E-state index contributed by atoms with van der Waals surface area (Å²) in [5.74, 6) is 6.09. The first-order valence-electron chi connectivity index (χ1n) is 8.26. The number of carbonyl (C=O) groups is 1. The van der Waals surface area contributed by atoms with Gasteiger partial charge in [-0.3, -0.25) is 4.79 Å². The van der Waals surface area contributed by atoms with E-state index in [4.69, 9.17) is 0 Å². The number of esters is 1. The van der Waals surface area contributed by atoms with Crippen molar-refractivity contribution in [2.24, 2.45) is 0 Å². The minimum absolute atomic E-state index is 0.140. The Bertz CT molecular complexity index is 375. The van der Waals surface area contributed by atoms with Gasteiger partial charge in [0, 0.05) is 12.8 Å². The van der Waals surface area contributed by atoms with Crippen LogP contribution in [-0.2, 0) is 9.53 Å². The molecular formula is C19H29BrO2. The number of hydrogen-bond donors (Lipinski definition) is 0. The van der Waals surface area contributed by atoms with E-state index < -0.39 is 0 Å². The average molecular weight is 369 g/mol. The summed E-state index contributed by atoms with van der Waals surface area (Å²) in [5, 5.41) is 0. The minimum Gasteiger partial charge on any atom is -0.469 e. The molecule has 124 valence electrons. The van der Waals surface area contributed by atoms with Gasteiger partial charge in [-0.2, -0.15) is 0 Å². The third-order valence-corrected chi connectivity index (χ3v) is 3.67. The summed E-state index contributed by atoms with van der Waals surface area (Å²) in [6, 6.07) is 0. The van der Waals surface area contributed by atoms with Gasteiger partial charge in [0.15, 0.2) is 0 Å². The number of halogens is 1. The van der Waals surface area contributed by atoms with E-state index in [1.54, 1.807) is 0 Å². The predicted octanol–water partition coefficient (Wildman–Crippen LogP) is 5.92. The highest BCUT2D eigenvalue weighted by atomic mass is 79.9. The summed E-state index contributed by atoms with van der Waals surface area (Å²) in [4.78, 5) is 12.8. The molecular weight excluding hydrogens is 340 g/mol. The molecule has 0 aromatic rings. The lowest BCUT2D eigenvalue weighted by molar-refractivity contribution is -0.140. The Kier molecular flexibility index (Phi) is 17.2. The number of carbonyl (C=O) groups excluding carboxylic acids is 1. The third-order valence-electron chi connectivity index (χ3n) is 3.29. The number of allylic oxidation sites excluding steroid dienone is 3. The molecule has 0 radical (unpaired) electrons. The molecule has 0 spiro atoms. The van der Waals surface area contributed by atoms with Crippen LogP contribution in [-0.4, -0.2) is 13.1 Å². The van der Waals surface area contributed by atoms with Gasteiger partial charge in [-0.15, -0.1) is 0 Å². The first-order chi connectivity index (χ1) is 10.8. The first-order valence-corrected chi connectivity index (χ1v) is 9.18. The van der Waals surface area contributed by atoms with Crippen molar-refractivity contribution in [1.29, 1.82) is 0 Å². The molecule has 0 aromatic heterocycles. The van der Waals surface area contributed by atoms with E-state index >= 15 is 0 Å². The average Bonchev–Trinajstić information content (AvgIpc) is 2.54. The Morgan fingerprint density at radius 3 is 2.41 bits per heavy atom. The van der Waals surface area contributed by atoms with Gasteiger partial charge < -0.3 is 4.74 Å². The van der Waals surface area contributed by atoms with Gasteiger partial charge in [0.1, 0.15) is 0 Å². The molecule has 0 aliphatic carbocycles. The normalized spacial score (nSPS) is 10.8. The summed E-state index contributed by atoms with van der Waals surface area (Å²) in [6.07, 6.45) is 18.2. The lowest BCUT2D eigenvalue weighted by atomic mass is 10.1. The maximum absolute atomic E-state index is 10.9. The quantitative estimate of drug-likeness (QED) is 0.243. The van der Waals surface area contributed by atoms with Gasteiger partial charge in [-0.05, 0) is 43.2 Å². The van der Waals surface area contributed by atoms with Gasteiger partial charge in [-0.1, -0.05) is 65.6 Å². The molecule has 0 N–H and O–H groups in total. The van der Waals surface area contributed by atoms with Crippen LogP contribution >= 0.6 is 15.9 Å². The van der Waals surface area contributed by atoms with Gasteiger partial charge in [0.2, 0.25) is 0 Å². The van der Waals surface area contributed by atoms with Gasteiger partial charge in [0.05, 0.1) is 7.11 Å². The van der Waals surface area contributed by atoms with Crippen LogP contribution in [0.2, 0.25) is 0 Å². The van der Waals surface area contributed by atoms with Crippen molar-refractivity contribution in [2.45, 2.75) is 70.6 Å². The lowest BCUT2D eigenvalue weighted by Crippen LogP contribution is -1.98. The zero-order chi connectivity index (χ0) is 16.3. The van der Waals surface area contributed by atoms with Crippen LogP contribution in [0.5, 0.6) is 0 Å². The number of methoxy groups -OCH3 is 1. The van der Waals surface area contributed by atoms with Crippen molar-refractivity contribution in [3.8, 4) is 11.8 Å². The summed E-state index contributed by atoms with van der Waals surface area (Å²) in [6.45, 7) is 0. The fraction of sp³-hybridized carbons (Fsp3) is 0.632. The summed E-state index contributed by atoms with van der Waals surface area (Å²) in [5.41, 5.74) is 0. The van der Waals surface area contributed by atoms with Crippen molar-refractivity contribution in [1.82, 2.24) is 0 Å². The van der Waals surface area contributed by atoms with Gasteiger partial charge in [-0.25, -0.2) is 0 Å². The molecule has 22 heavy (non-hydrogen) atoms. The Labute approximate surface area is 144 Å². The predicted molar refractivity (Wildman–Crippen MR) is 97.8 cm³/mol. The standard InChI is InChI=1S/C19H29BrO2/c1-22-19(21)17-15-13-11-9-7-5-3-2-4-6-8-10-12-14-16-18-20/h9,11,16,18H,2-4,6,8,10,12-15,17H2,1H3. The van der Waals surface area contributed by atoms with Crippen molar-refractivity contribution in [3.63, 3.8) is 0 Å². The van der Waals surface area contributed by atoms with Gasteiger partial charge >= 0.3 is 5.97 Å². The Morgan fingerprint density at radius 2 is 1.68 bits per heavy atom. The second kappa shape index (κ2) is 18.0. The molecule has 3 heteroatoms. The van der Waals surface area contributed by atoms with Crippen molar-refractivity contribution in [2.75, 3.05) is 7.11 Å². The Hall–Kier alpha value is -1.01. The van der Waals surface area contributed by atoms with Crippen LogP contribution in [0.15, 0.2) is 23.2 Å². The van der Waals surface area contributed by atoms with Crippen LogP contribution in [0, 0.1) is 11.8 Å². The smallest absolute Gasteiger partial charge is 0.305 e. The largest absolute Gasteiger partial charge is 0.469 e. The molecule has 0 fully saturated rings. The third kappa shape index (κ3) is 17.0. The van der Waals surface area contributed by atoms with Crippen molar-refractivity contribution in [3.05, 3.63) is 23.2 Å². The monoisotopic (exact) mass is 368 g/mol. The van der Waals surface area contributed by atoms with E-state index in [0.29, 0.717) is 6.42 Å². The fourth-order valence-electron chi connectivity index (χ4n) is 1.99. The van der Waals surface area contributed by atoms with Crippen LogP contribution in [0.4, 0.5) is 0 Å². The zero-order valence-electron chi connectivity index (χ0n) is 13.8. The van der Waals surface area contributed by atoms with Crippen LogP contribution in [0.3, 0.4) is 0 Å². The van der Waals surface area contributed by atoms with Gasteiger partial charge in [0.25, 0.3) is 0 Å². The molecule has 0 heterocycles. The van der Waals surface area contributed by atoms with Crippen molar-refractivity contribution >= 4 is 21.9 Å². The Balaban J connectivity index is 3.29. The summed E-state index contributed by atoms with van der Waals surface area (Å²) >= 11 is 3.28. The fourth-order valence-corrected chi connectivity index (χ4v) is 2.25. The van der Waals surface area contributed by atoms with E-state index in [1.807, 2.05) is 17.1 Å². The lowest BCUT2D eigenvalue weighted by Gasteiger charge is -1.98. The molecule has 0 rings (SSSR count). The first kappa shape index (κ1) is 21.0. The number of hydrogen-bond acceptors (Lipinski definition) is 2. The number of unbranched alkanes of at least 4 members (excludes halogenated alkanes) is 8. The molecule has 2 nitrogen and oxygen atoms in total. The molecule has 0 aromatic carbocycles. The molecule has 0 aliphatic heterocycles. The zero-order valence-corrected chi connectivity index (χ0v) is 15.4. The molecule has 0 saturated heterocycles.